The first-order valence-electron chi connectivity index (χ1n) is 8.42. The lowest BCUT2D eigenvalue weighted by Crippen LogP contribution is -2.51. The maximum absolute atomic E-state index is 13.4. The van der Waals surface area contributed by atoms with Crippen molar-refractivity contribution in [3.8, 4) is 0 Å². The monoisotopic (exact) mass is 329 g/mol. The highest BCUT2D eigenvalue weighted by Crippen LogP contribution is 2.27. The number of fused-ring (bicyclic) bond motifs is 1. The second kappa shape index (κ2) is 6.36. The lowest BCUT2D eigenvalue weighted by atomic mass is 10.1. The summed E-state index contributed by atoms with van der Waals surface area (Å²) < 4.78 is 18.9. The first-order chi connectivity index (χ1) is 11.7. The molecule has 1 amide bonds. The van der Waals surface area contributed by atoms with Crippen molar-refractivity contribution in [1.82, 2.24) is 9.88 Å². The van der Waals surface area contributed by atoms with Gasteiger partial charge in [-0.2, -0.15) is 0 Å². The summed E-state index contributed by atoms with van der Waals surface area (Å²) in [4.78, 5) is 20.8. The molecule has 0 unspecified atom stereocenters. The minimum atomic E-state index is -0.279. The average Bonchev–Trinajstić information content (AvgIpc) is 3.15. The number of carbonyl (C=O) groups is 1. The van der Waals surface area contributed by atoms with E-state index in [1.165, 1.54) is 12.1 Å². The highest BCUT2D eigenvalue weighted by atomic mass is 19.1. The number of anilines is 1. The fourth-order valence-corrected chi connectivity index (χ4v) is 3.53. The van der Waals surface area contributed by atoms with Crippen molar-refractivity contribution < 1.29 is 13.9 Å². The molecule has 24 heavy (non-hydrogen) atoms. The number of nitrogens with zero attached hydrogens (tertiary/aromatic N) is 3. The Hall–Kier alpha value is -2.21. The predicted molar refractivity (Wildman–Crippen MR) is 89.5 cm³/mol. The molecule has 2 saturated heterocycles. The van der Waals surface area contributed by atoms with Crippen LogP contribution in [-0.4, -0.2) is 54.7 Å². The molecule has 0 N–H and O–H groups in total. The van der Waals surface area contributed by atoms with Crippen LogP contribution in [0.25, 0.3) is 10.9 Å². The highest BCUT2D eigenvalue weighted by Gasteiger charge is 2.30. The van der Waals surface area contributed by atoms with E-state index in [2.05, 4.69) is 9.88 Å². The normalized spacial score (nSPS) is 21.5. The first-order valence-corrected chi connectivity index (χ1v) is 8.42. The second-order valence-electron chi connectivity index (χ2n) is 6.31. The number of carbonyl (C=O) groups excluding carboxylic acids is 1. The molecule has 0 aliphatic carbocycles. The van der Waals surface area contributed by atoms with Crippen LogP contribution in [-0.2, 0) is 9.53 Å². The number of aromatic nitrogens is 1. The van der Waals surface area contributed by atoms with Gasteiger partial charge in [0.05, 0.1) is 5.52 Å². The Kier molecular flexibility index (Phi) is 4.06. The molecule has 0 bridgehead atoms. The molecule has 3 heterocycles. The van der Waals surface area contributed by atoms with E-state index in [4.69, 9.17) is 4.74 Å². The van der Waals surface area contributed by atoms with E-state index >= 15 is 0 Å². The fourth-order valence-electron chi connectivity index (χ4n) is 3.53. The molecule has 1 aromatic carbocycles. The maximum Gasteiger partial charge on any atom is 0.251 e. The lowest BCUT2D eigenvalue weighted by Gasteiger charge is -2.37. The number of hydrogen-bond acceptors (Lipinski definition) is 4. The third kappa shape index (κ3) is 2.82. The molecule has 2 fully saturated rings. The van der Waals surface area contributed by atoms with Crippen molar-refractivity contribution in [2.75, 3.05) is 37.7 Å². The Bertz CT molecular complexity index is 753. The molecule has 0 radical (unpaired) electrons. The van der Waals surface area contributed by atoms with Crippen molar-refractivity contribution in [2.45, 2.75) is 18.9 Å². The Morgan fingerprint density at radius 1 is 1.21 bits per heavy atom. The van der Waals surface area contributed by atoms with Crippen molar-refractivity contribution >= 4 is 22.5 Å². The van der Waals surface area contributed by atoms with Gasteiger partial charge in [-0.15, -0.1) is 0 Å². The van der Waals surface area contributed by atoms with Gasteiger partial charge in [0.25, 0.3) is 5.91 Å². The molecule has 4 rings (SSSR count). The zero-order chi connectivity index (χ0) is 16.5. The van der Waals surface area contributed by atoms with Crippen molar-refractivity contribution in [3.63, 3.8) is 0 Å². The molecule has 1 atom stereocenters. The van der Waals surface area contributed by atoms with Gasteiger partial charge < -0.3 is 14.5 Å². The smallest absolute Gasteiger partial charge is 0.251 e. The van der Waals surface area contributed by atoms with Crippen molar-refractivity contribution in [1.29, 1.82) is 0 Å². The van der Waals surface area contributed by atoms with Crippen LogP contribution in [0.5, 0.6) is 0 Å². The van der Waals surface area contributed by atoms with Crippen LogP contribution in [0.3, 0.4) is 0 Å². The summed E-state index contributed by atoms with van der Waals surface area (Å²) in [6.45, 7) is 3.58. The number of pyridine rings is 1. The summed E-state index contributed by atoms with van der Waals surface area (Å²) in [5, 5.41) is 0.942. The van der Waals surface area contributed by atoms with Gasteiger partial charge >= 0.3 is 0 Å². The van der Waals surface area contributed by atoms with Gasteiger partial charge in [0.2, 0.25) is 0 Å². The van der Waals surface area contributed by atoms with E-state index in [1.807, 2.05) is 11.0 Å². The number of piperazine rings is 1. The Labute approximate surface area is 140 Å². The third-order valence-electron chi connectivity index (χ3n) is 4.82. The van der Waals surface area contributed by atoms with Gasteiger partial charge in [-0.3, -0.25) is 9.78 Å². The molecular formula is C18H20FN3O2. The van der Waals surface area contributed by atoms with E-state index in [9.17, 15) is 9.18 Å². The molecule has 0 saturated carbocycles. The second-order valence-corrected chi connectivity index (χ2v) is 6.31. The quantitative estimate of drug-likeness (QED) is 0.847. The van der Waals surface area contributed by atoms with Crippen LogP contribution in [0.2, 0.25) is 0 Å². The average molecular weight is 329 g/mol. The number of benzene rings is 1. The van der Waals surface area contributed by atoms with Crippen molar-refractivity contribution in [2.24, 2.45) is 0 Å². The summed E-state index contributed by atoms with van der Waals surface area (Å²) in [5.74, 6) is -0.159. The zero-order valence-corrected chi connectivity index (χ0v) is 13.4. The molecule has 1 aromatic heterocycles. The molecule has 2 aromatic rings. The molecule has 2 aliphatic rings. The van der Waals surface area contributed by atoms with Gasteiger partial charge in [0, 0.05) is 56.1 Å². The van der Waals surface area contributed by atoms with Gasteiger partial charge in [-0.05, 0) is 31.0 Å². The minimum Gasteiger partial charge on any atom is -0.368 e. The Morgan fingerprint density at radius 2 is 2.04 bits per heavy atom. The summed E-state index contributed by atoms with van der Waals surface area (Å²) in [6, 6.07) is 6.65. The number of halogens is 1. The summed E-state index contributed by atoms with van der Waals surface area (Å²) in [6.07, 6.45) is 3.26. The summed E-state index contributed by atoms with van der Waals surface area (Å²) in [5.41, 5.74) is 1.70. The van der Waals surface area contributed by atoms with Crippen LogP contribution in [0.1, 0.15) is 12.8 Å². The minimum absolute atomic E-state index is 0.119. The van der Waals surface area contributed by atoms with E-state index < -0.39 is 0 Å². The van der Waals surface area contributed by atoms with Crippen LogP contribution >= 0.6 is 0 Å². The van der Waals surface area contributed by atoms with Crippen molar-refractivity contribution in [3.05, 3.63) is 36.3 Å². The first kappa shape index (κ1) is 15.3. The molecule has 2 aliphatic heterocycles. The number of ether oxygens (including phenoxy) is 1. The Morgan fingerprint density at radius 3 is 2.79 bits per heavy atom. The standard InChI is InChI=1S/C18H20FN3O2/c19-13-3-4-14-15(12-13)20-6-5-16(14)21-7-9-22(10-8-21)18(23)17-2-1-11-24-17/h3-6,12,17H,1-2,7-11H2/t17-/m1/s1. The van der Waals surface area contributed by atoms with E-state index in [-0.39, 0.29) is 17.8 Å². The summed E-state index contributed by atoms with van der Waals surface area (Å²) >= 11 is 0. The van der Waals surface area contributed by atoms with Gasteiger partial charge in [-0.1, -0.05) is 0 Å². The van der Waals surface area contributed by atoms with Crippen LogP contribution in [0.15, 0.2) is 30.5 Å². The molecule has 126 valence electrons. The fraction of sp³-hybridized carbons (Fsp3) is 0.444. The van der Waals surface area contributed by atoms with Crippen LogP contribution in [0, 0.1) is 5.82 Å². The third-order valence-corrected chi connectivity index (χ3v) is 4.82. The maximum atomic E-state index is 13.4. The van der Waals surface area contributed by atoms with E-state index in [1.54, 1.807) is 12.3 Å². The largest absolute Gasteiger partial charge is 0.368 e. The molecule has 5 nitrogen and oxygen atoms in total. The van der Waals surface area contributed by atoms with Gasteiger partial charge in [0.15, 0.2) is 0 Å². The molecule has 0 spiro atoms. The van der Waals surface area contributed by atoms with Gasteiger partial charge in [0.1, 0.15) is 11.9 Å². The van der Waals surface area contributed by atoms with Crippen LogP contribution < -0.4 is 4.90 Å². The van der Waals surface area contributed by atoms with E-state index in [0.29, 0.717) is 25.2 Å². The topological polar surface area (TPSA) is 45.7 Å². The number of hydrogen-bond donors (Lipinski definition) is 0. The van der Waals surface area contributed by atoms with Gasteiger partial charge in [-0.25, -0.2) is 4.39 Å². The zero-order valence-electron chi connectivity index (χ0n) is 13.4. The predicted octanol–water partition coefficient (Wildman–Crippen LogP) is 2.20. The molecular weight excluding hydrogens is 309 g/mol. The number of rotatable bonds is 2. The summed E-state index contributed by atoms with van der Waals surface area (Å²) in [7, 11) is 0. The van der Waals surface area contributed by atoms with E-state index in [0.717, 1.165) is 37.0 Å². The van der Waals surface area contributed by atoms with Crippen LogP contribution in [0.4, 0.5) is 10.1 Å². The highest BCUT2D eigenvalue weighted by molar-refractivity contribution is 5.91. The Balaban J connectivity index is 1.49. The SMILES string of the molecule is O=C([C@H]1CCCO1)N1CCN(c2ccnc3cc(F)ccc23)CC1. The molecule has 6 heteroatoms. The number of amides is 1. The lowest BCUT2D eigenvalue weighted by molar-refractivity contribution is -0.141.